The highest BCUT2D eigenvalue weighted by Crippen LogP contribution is 2.25. The maximum atomic E-state index is 12.5. The second kappa shape index (κ2) is 9.12. The number of halogens is 1. The average molecular weight is 374 g/mol. The van der Waals surface area contributed by atoms with Crippen molar-refractivity contribution in [3.05, 3.63) is 20.8 Å². The van der Waals surface area contributed by atoms with E-state index in [0.29, 0.717) is 44.9 Å². The quantitative estimate of drug-likeness (QED) is 0.216. The van der Waals surface area contributed by atoms with Gasteiger partial charge in [0.05, 0.1) is 5.70 Å². The van der Waals surface area contributed by atoms with E-state index < -0.39 is 28.8 Å². The number of hydrogen-bond donors (Lipinski definition) is 3. The first-order valence-corrected chi connectivity index (χ1v) is 8.80. The zero-order chi connectivity index (χ0) is 18.4. The highest BCUT2D eigenvalue weighted by atomic mass is 35.5. The van der Waals surface area contributed by atoms with Crippen molar-refractivity contribution in [3.63, 3.8) is 0 Å². The SMILES string of the molecule is C[C@@H](C(=N)[N+](=O)[O-])/C(=C(/Cl)C(=O)NC1CCCCO1)N1CCNCC1. The Morgan fingerprint density at radius 1 is 1.44 bits per heavy atom. The number of nitro groups is 1. The van der Waals surface area contributed by atoms with Crippen LogP contribution in [-0.2, 0) is 9.53 Å². The fourth-order valence-corrected chi connectivity index (χ4v) is 3.31. The van der Waals surface area contributed by atoms with Gasteiger partial charge in [0.1, 0.15) is 17.2 Å². The van der Waals surface area contributed by atoms with Crippen molar-refractivity contribution in [1.82, 2.24) is 15.5 Å². The molecule has 0 saturated carbocycles. The lowest BCUT2D eigenvalue weighted by Gasteiger charge is -2.34. The molecule has 140 valence electrons. The lowest BCUT2D eigenvalue weighted by molar-refractivity contribution is -0.357. The topological polar surface area (TPSA) is 121 Å². The van der Waals surface area contributed by atoms with Crippen LogP contribution in [0.1, 0.15) is 26.2 Å². The molecule has 0 spiro atoms. The van der Waals surface area contributed by atoms with Crippen LogP contribution >= 0.6 is 11.6 Å². The van der Waals surface area contributed by atoms with Gasteiger partial charge < -0.3 is 30.4 Å². The lowest BCUT2D eigenvalue weighted by Crippen LogP contribution is -2.46. The molecule has 0 bridgehead atoms. The highest BCUT2D eigenvalue weighted by Gasteiger charge is 2.32. The van der Waals surface area contributed by atoms with Crippen LogP contribution in [0.15, 0.2) is 10.7 Å². The van der Waals surface area contributed by atoms with Crippen LogP contribution in [0.4, 0.5) is 0 Å². The molecule has 2 heterocycles. The van der Waals surface area contributed by atoms with Crippen LogP contribution in [0, 0.1) is 21.4 Å². The number of amides is 1. The Morgan fingerprint density at radius 2 is 2.12 bits per heavy atom. The van der Waals surface area contributed by atoms with Crippen LogP contribution < -0.4 is 10.6 Å². The van der Waals surface area contributed by atoms with Crippen molar-refractivity contribution in [1.29, 1.82) is 5.41 Å². The van der Waals surface area contributed by atoms with E-state index in [1.165, 1.54) is 6.92 Å². The zero-order valence-corrected chi connectivity index (χ0v) is 15.0. The van der Waals surface area contributed by atoms with E-state index >= 15 is 0 Å². The van der Waals surface area contributed by atoms with Gasteiger partial charge in [-0.05, 0) is 31.1 Å². The predicted molar refractivity (Wildman–Crippen MR) is 92.9 cm³/mol. The summed E-state index contributed by atoms with van der Waals surface area (Å²) in [5.41, 5.74) is 0.318. The molecule has 25 heavy (non-hydrogen) atoms. The summed E-state index contributed by atoms with van der Waals surface area (Å²) in [6.07, 6.45) is 2.22. The van der Waals surface area contributed by atoms with Crippen molar-refractivity contribution in [3.8, 4) is 0 Å². The molecule has 0 aromatic carbocycles. The van der Waals surface area contributed by atoms with Crippen molar-refractivity contribution in [2.24, 2.45) is 5.92 Å². The van der Waals surface area contributed by atoms with Gasteiger partial charge in [0.25, 0.3) is 5.91 Å². The smallest absolute Gasteiger partial charge is 0.339 e. The molecule has 2 fully saturated rings. The molecule has 2 atom stereocenters. The second-order valence-corrected chi connectivity index (χ2v) is 6.51. The Balaban J connectivity index is 2.23. The molecule has 2 aliphatic rings. The molecule has 0 radical (unpaired) electrons. The average Bonchev–Trinajstić information content (AvgIpc) is 2.62. The largest absolute Gasteiger partial charge is 0.370 e. The van der Waals surface area contributed by atoms with Gasteiger partial charge in [-0.15, -0.1) is 0 Å². The molecule has 0 aromatic rings. The van der Waals surface area contributed by atoms with Gasteiger partial charge in [0.15, 0.2) is 0 Å². The Hall–Kier alpha value is -1.71. The number of rotatable bonds is 5. The summed E-state index contributed by atoms with van der Waals surface area (Å²) in [6, 6.07) is 0. The van der Waals surface area contributed by atoms with Gasteiger partial charge in [-0.25, -0.2) is 0 Å². The van der Waals surface area contributed by atoms with E-state index in [1.807, 2.05) is 4.90 Å². The number of piperazine rings is 1. The zero-order valence-electron chi connectivity index (χ0n) is 14.2. The minimum Gasteiger partial charge on any atom is -0.370 e. The molecule has 1 unspecified atom stereocenters. The molecule has 9 nitrogen and oxygen atoms in total. The number of amidine groups is 1. The van der Waals surface area contributed by atoms with Gasteiger partial charge in [0.2, 0.25) is 0 Å². The minimum absolute atomic E-state index is 0.116. The van der Waals surface area contributed by atoms with E-state index in [2.05, 4.69) is 10.6 Å². The summed E-state index contributed by atoms with van der Waals surface area (Å²) in [4.78, 5) is 24.6. The first-order valence-electron chi connectivity index (χ1n) is 8.42. The van der Waals surface area contributed by atoms with Crippen molar-refractivity contribution < 1.29 is 14.5 Å². The number of nitrogens with one attached hydrogen (secondary N) is 3. The number of carbonyl (C=O) groups excluding carboxylic acids is 1. The van der Waals surface area contributed by atoms with Crippen molar-refractivity contribution in [2.45, 2.75) is 32.4 Å². The Morgan fingerprint density at radius 3 is 2.68 bits per heavy atom. The Labute approximate surface area is 151 Å². The molecule has 2 rings (SSSR count). The van der Waals surface area contributed by atoms with Gasteiger partial charge >= 0.3 is 5.84 Å². The van der Waals surface area contributed by atoms with E-state index in [-0.39, 0.29) is 5.03 Å². The molecule has 10 heteroatoms. The summed E-state index contributed by atoms with van der Waals surface area (Å²) < 4.78 is 5.48. The predicted octanol–water partition coefficient (Wildman–Crippen LogP) is 0.875. The molecular formula is C15H24ClN5O4. The fraction of sp³-hybridized carbons (Fsp3) is 0.733. The summed E-state index contributed by atoms with van der Waals surface area (Å²) in [5, 5.41) is 24.5. The lowest BCUT2D eigenvalue weighted by atomic mass is 10.0. The molecule has 3 N–H and O–H groups in total. The standard InChI is InChI=1S/C15H24ClN5O4/c1-10(14(17)21(23)24)13(20-7-5-18-6-8-20)12(16)15(22)19-11-4-2-3-9-25-11/h10-11,17-18H,2-9H2,1H3,(H,19,22)/b13-12-,17-14?/t10-,11?/m1/s1. The van der Waals surface area contributed by atoms with Crippen LogP contribution in [0.25, 0.3) is 0 Å². The monoisotopic (exact) mass is 373 g/mol. The number of nitrogens with zero attached hydrogens (tertiary/aromatic N) is 2. The maximum absolute atomic E-state index is 12.5. The fourth-order valence-electron chi connectivity index (χ4n) is 2.98. The third kappa shape index (κ3) is 5.13. The summed E-state index contributed by atoms with van der Waals surface area (Å²) in [6.45, 7) is 4.59. The molecule has 0 aliphatic carbocycles. The number of hydrogen-bond acceptors (Lipinski definition) is 7. The normalized spacial score (nSPS) is 23.4. The molecule has 0 aromatic heterocycles. The summed E-state index contributed by atoms with van der Waals surface area (Å²) >= 11 is 6.32. The summed E-state index contributed by atoms with van der Waals surface area (Å²) in [5.74, 6) is -2.10. The van der Waals surface area contributed by atoms with Gasteiger partial charge in [0, 0.05) is 32.8 Å². The first-order chi connectivity index (χ1) is 11.9. The van der Waals surface area contributed by atoms with Crippen LogP contribution in [0.5, 0.6) is 0 Å². The van der Waals surface area contributed by atoms with E-state index in [1.54, 1.807) is 0 Å². The molecule has 2 saturated heterocycles. The number of carbonyl (C=O) groups is 1. The van der Waals surface area contributed by atoms with E-state index in [9.17, 15) is 14.9 Å². The van der Waals surface area contributed by atoms with Crippen molar-refractivity contribution in [2.75, 3.05) is 32.8 Å². The molecule has 1 amide bonds. The molecular weight excluding hydrogens is 350 g/mol. The van der Waals surface area contributed by atoms with Gasteiger partial charge in [-0.2, -0.15) is 0 Å². The maximum Gasteiger partial charge on any atom is 0.339 e. The Bertz CT molecular complexity index is 556. The van der Waals surface area contributed by atoms with Crippen LogP contribution in [0.2, 0.25) is 0 Å². The third-order valence-corrected chi connectivity index (χ3v) is 4.74. The second-order valence-electron chi connectivity index (χ2n) is 6.13. The first kappa shape index (κ1) is 19.6. The Kier molecular flexibility index (Phi) is 7.15. The van der Waals surface area contributed by atoms with Gasteiger partial charge in [-0.1, -0.05) is 17.0 Å². The van der Waals surface area contributed by atoms with Crippen molar-refractivity contribution >= 4 is 23.3 Å². The van der Waals surface area contributed by atoms with Crippen LogP contribution in [-0.4, -0.2) is 60.6 Å². The summed E-state index contributed by atoms with van der Waals surface area (Å²) in [7, 11) is 0. The van der Waals surface area contributed by atoms with E-state index in [4.69, 9.17) is 21.7 Å². The van der Waals surface area contributed by atoms with Gasteiger partial charge in [-0.3, -0.25) is 4.79 Å². The number of ether oxygens (including phenoxy) is 1. The van der Waals surface area contributed by atoms with E-state index in [0.717, 1.165) is 12.8 Å². The third-order valence-electron chi connectivity index (χ3n) is 4.37. The highest BCUT2D eigenvalue weighted by molar-refractivity contribution is 6.42. The minimum atomic E-state index is -0.890. The molecule has 2 aliphatic heterocycles. The van der Waals surface area contributed by atoms with Crippen LogP contribution in [0.3, 0.4) is 0 Å².